The predicted octanol–water partition coefficient (Wildman–Crippen LogP) is 2.23. The number of piperazine rings is 2. The van der Waals surface area contributed by atoms with Gasteiger partial charge in [0.05, 0.1) is 0 Å². The topological polar surface area (TPSA) is 68.4 Å². The summed E-state index contributed by atoms with van der Waals surface area (Å²) in [7, 11) is 0. The molecule has 0 bridgehead atoms. The van der Waals surface area contributed by atoms with Crippen LogP contribution in [0.1, 0.15) is 16.7 Å². The number of hydrogen-bond donors (Lipinski definition) is 2. The molecular formula is C24H26N4O2. The molecule has 2 atom stereocenters. The fraction of sp³-hybridized carbons (Fsp3) is 0.333. The number of hydrogen-bond acceptors (Lipinski definition) is 3. The number of amides is 2. The highest BCUT2D eigenvalue weighted by molar-refractivity contribution is 5.98. The van der Waals surface area contributed by atoms with Crippen molar-refractivity contribution < 1.29 is 9.59 Å². The first-order valence-corrected chi connectivity index (χ1v) is 10.5. The van der Waals surface area contributed by atoms with Gasteiger partial charge in [-0.05, 0) is 29.7 Å². The lowest BCUT2D eigenvalue weighted by Gasteiger charge is -2.45. The number of benzene rings is 2. The van der Waals surface area contributed by atoms with Crippen LogP contribution in [0.15, 0.2) is 54.7 Å². The number of aryl methyl sites for hydroxylation is 1. The Balaban J connectivity index is 1.29. The summed E-state index contributed by atoms with van der Waals surface area (Å²) in [5.41, 5.74) is 4.62. The highest BCUT2D eigenvalue weighted by Crippen LogP contribution is 2.23. The minimum absolute atomic E-state index is 0.0282. The molecular weight excluding hydrogens is 376 g/mol. The van der Waals surface area contributed by atoms with Gasteiger partial charge in [-0.2, -0.15) is 0 Å². The highest BCUT2D eigenvalue weighted by atomic mass is 16.2. The number of aromatic nitrogens is 1. The second kappa shape index (κ2) is 7.61. The molecule has 3 aromatic rings. The molecule has 2 aliphatic heterocycles. The molecule has 30 heavy (non-hydrogen) atoms. The van der Waals surface area contributed by atoms with Crippen LogP contribution in [-0.2, 0) is 22.6 Å². The molecule has 154 valence electrons. The number of aromatic amines is 1. The Morgan fingerprint density at radius 3 is 2.67 bits per heavy atom. The van der Waals surface area contributed by atoms with Crippen LogP contribution in [0.25, 0.3) is 10.9 Å². The minimum Gasteiger partial charge on any atom is -0.361 e. The predicted molar refractivity (Wildman–Crippen MR) is 116 cm³/mol. The minimum atomic E-state index is -0.504. The summed E-state index contributed by atoms with van der Waals surface area (Å²) in [4.78, 5) is 33.4. The third-order valence-corrected chi connectivity index (χ3v) is 6.42. The first-order valence-electron chi connectivity index (χ1n) is 10.5. The Labute approximate surface area is 175 Å². The monoisotopic (exact) mass is 402 g/mol. The molecule has 0 aliphatic carbocycles. The number of carbonyl (C=O) groups is 2. The van der Waals surface area contributed by atoms with E-state index in [1.165, 1.54) is 11.1 Å². The number of nitrogens with zero attached hydrogens (tertiary/aromatic N) is 2. The fourth-order valence-electron chi connectivity index (χ4n) is 4.69. The molecule has 5 rings (SSSR count). The number of carbonyl (C=O) groups excluding carboxylic acids is 2. The molecule has 2 amide bonds. The van der Waals surface area contributed by atoms with E-state index in [0.717, 1.165) is 29.6 Å². The van der Waals surface area contributed by atoms with Crippen LogP contribution in [-0.4, -0.2) is 58.3 Å². The van der Waals surface area contributed by atoms with Crippen molar-refractivity contribution >= 4 is 22.7 Å². The third-order valence-electron chi connectivity index (χ3n) is 6.42. The Bertz CT molecular complexity index is 1110. The van der Waals surface area contributed by atoms with E-state index < -0.39 is 12.1 Å². The van der Waals surface area contributed by atoms with Crippen LogP contribution in [0.4, 0.5) is 0 Å². The molecule has 0 spiro atoms. The van der Waals surface area contributed by atoms with Gasteiger partial charge in [0.1, 0.15) is 12.1 Å². The summed E-state index contributed by atoms with van der Waals surface area (Å²) in [5.74, 6) is -0.0191. The molecule has 0 saturated carbocycles. The van der Waals surface area contributed by atoms with E-state index in [1.807, 2.05) is 42.6 Å². The first-order chi connectivity index (χ1) is 14.6. The lowest BCUT2D eigenvalue weighted by atomic mass is 9.98. The van der Waals surface area contributed by atoms with Gasteiger partial charge in [0.15, 0.2) is 0 Å². The summed E-state index contributed by atoms with van der Waals surface area (Å²) in [6.07, 6.45) is 2.45. The Hall–Kier alpha value is -3.12. The fourth-order valence-corrected chi connectivity index (χ4v) is 4.69. The average molecular weight is 402 g/mol. The molecule has 2 aliphatic rings. The van der Waals surface area contributed by atoms with E-state index in [4.69, 9.17) is 0 Å². The van der Waals surface area contributed by atoms with Crippen molar-refractivity contribution in [2.75, 3.05) is 19.6 Å². The maximum atomic E-state index is 13.2. The SMILES string of the molecule is Cc1ccccc1CN1CCN2C(=O)[C@H](Cc3c[nH]c4ccccc34)NC(=O)[C@H]2C1. The van der Waals surface area contributed by atoms with Crippen LogP contribution in [0, 0.1) is 6.92 Å². The summed E-state index contributed by atoms with van der Waals surface area (Å²) in [6.45, 7) is 4.86. The number of nitrogens with one attached hydrogen (secondary N) is 2. The van der Waals surface area contributed by atoms with Crippen molar-refractivity contribution in [1.82, 2.24) is 20.1 Å². The van der Waals surface area contributed by atoms with Gasteiger partial charge >= 0.3 is 0 Å². The van der Waals surface area contributed by atoms with E-state index in [0.29, 0.717) is 19.5 Å². The van der Waals surface area contributed by atoms with Gasteiger partial charge in [-0.25, -0.2) is 0 Å². The summed E-state index contributed by atoms with van der Waals surface area (Å²) in [6, 6.07) is 15.4. The summed E-state index contributed by atoms with van der Waals surface area (Å²) < 4.78 is 0. The lowest BCUT2D eigenvalue weighted by molar-refractivity contribution is -0.153. The van der Waals surface area contributed by atoms with Crippen LogP contribution in [0.2, 0.25) is 0 Å². The normalized spacial score (nSPS) is 22.2. The van der Waals surface area contributed by atoms with Gasteiger partial charge in [-0.15, -0.1) is 0 Å². The average Bonchev–Trinajstić information content (AvgIpc) is 3.16. The van der Waals surface area contributed by atoms with E-state index in [2.05, 4.69) is 34.3 Å². The molecule has 6 nitrogen and oxygen atoms in total. The van der Waals surface area contributed by atoms with Crippen LogP contribution >= 0.6 is 0 Å². The number of rotatable bonds is 4. The smallest absolute Gasteiger partial charge is 0.246 e. The standard InChI is InChI=1S/C24H26N4O2/c1-16-6-2-3-7-17(16)14-27-10-11-28-22(15-27)23(29)26-21(24(28)30)12-18-13-25-20-9-5-4-8-19(18)20/h2-9,13,21-22,25H,10-12,14-15H2,1H3,(H,26,29)/t21-,22+/m0/s1. The Kier molecular flexibility index (Phi) is 4.79. The van der Waals surface area contributed by atoms with Crippen LogP contribution in [0.5, 0.6) is 0 Å². The van der Waals surface area contributed by atoms with Crippen LogP contribution < -0.4 is 5.32 Å². The van der Waals surface area contributed by atoms with Gasteiger partial charge in [0.25, 0.3) is 0 Å². The van der Waals surface area contributed by atoms with E-state index in [1.54, 1.807) is 4.90 Å². The van der Waals surface area contributed by atoms with Gasteiger partial charge < -0.3 is 15.2 Å². The van der Waals surface area contributed by atoms with Crippen molar-refractivity contribution in [3.05, 3.63) is 71.4 Å². The summed E-state index contributed by atoms with van der Waals surface area (Å²) >= 11 is 0. The van der Waals surface area contributed by atoms with Gasteiger partial charge in [0, 0.05) is 49.7 Å². The van der Waals surface area contributed by atoms with Crippen molar-refractivity contribution in [1.29, 1.82) is 0 Å². The zero-order chi connectivity index (χ0) is 20.7. The van der Waals surface area contributed by atoms with Gasteiger partial charge in [-0.1, -0.05) is 42.5 Å². The lowest BCUT2D eigenvalue weighted by Crippen LogP contribution is -2.69. The quantitative estimate of drug-likeness (QED) is 0.703. The largest absolute Gasteiger partial charge is 0.361 e. The summed E-state index contributed by atoms with van der Waals surface area (Å²) in [5, 5.41) is 4.10. The van der Waals surface area contributed by atoms with Crippen LogP contribution in [0.3, 0.4) is 0 Å². The third kappa shape index (κ3) is 3.37. The number of para-hydroxylation sites is 1. The second-order valence-corrected chi connectivity index (χ2v) is 8.33. The number of fused-ring (bicyclic) bond motifs is 2. The molecule has 0 unspecified atom stereocenters. The maximum absolute atomic E-state index is 13.2. The Morgan fingerprint density at radius 1 is 1.00 bits per heavy atom. The molecule has 3 heterocycles. The molecule has 6 heteroatoms. The zero-order valence-electron chi connectivity index (χ0n) is 17.1. The zero-order valence-corrected chi connectivity index (χ0v) is 17.1. The Morgan fingerprint density at radius 2 is 1.80 bits per heavy atom. The molecule has 2 aromatic carbocycles. The highest BCUT2D eigenvalue weighted by Gasteiger charge is 2.43. The van der Waals surface area contributed by atoms with Gasteiger partial charge in [-0.3, -0.25) is 14.5 Å². The van der Waals surface area contributed by atoms with Crippen molar-refractivity contribution in [3.63, 3.8) is 0 Å². The molecule has 0 radical (unpaired) electrons. The van der Waals surface area contributed by atoms with Crippen molar-refractivity contribution in [2.24, 2.45) is 0 Å². The second-order valence-electron chi connectivity index (χ2n) is 8.33. The van der Waals surface area contributed by atoms with Crippen molar-refractivity contribution in [2.45, 2.75) is 32.0 Å². The van der Waals surface area contributed by atoms with E-state index in [-0.39, 0.29) is 11.8 Å². The molecule has 1 aromatic heterocycles. The maximum Gasteiger partial charge on any atom is 0.246 e. The molecule has 2 fully saturated rings. The molecule has 2 saturated heterocycles. The van der Waals surface area contributed by atoms with E-state index >= 15 is 0 Å². The first kappa shape index (κ1) is 18.9. The van der Waals surface area contributed by atoms with Crippen molar-refractivity contribution in [3.8, 4) is 0 Å². The van der Waals surface area contributed by atoms with E-state index in [9.17, 15) is 9.59 Å². The molecule has 2 N–H and O–H groups in total. The number of H-pyrrole nitrogens is 1. The van der Waals surface area contributed by atoms with Gasteiger partial charge in [0.2, 0.25) is 11.8 Å².